The molecule has 0 aliphatic heterocycles. The average molecular weight is 241 g/mol. The van der Waals surface area contributed by atoms with Crippen molar-refractivity contribution in [3.05, 3.63) is 29.3 Å². The van der Waals surface area contributed by atoms with Gasteiger partial charge in [0.1, 0.15) is 5.25 Å². The lowest BCUT2D eigenvalue weighted by Gasteiger charge is -2.09. The van der Waals surface area contributed by atoms with Crippen molar-refractivity contribution in [3.8, 4) is 0 Å². The van der Waals surface area contributed by atoms with Crippen LogP contribution in [0.1, 0.15) is 22.8 Å². The number of hydrogen-bond donors (Lipinski definition) is 1. The Bertz CT molecular complexity index is 520. The fraction of sp³-hybridized carbons (Fsp3) is 0.364. The van der Waals surface area contributed by atoms with Gasteiger partial charge in [-0.05, 0) is 37.6 Å². The van der Waals surface area contributed by atoms with Crippen LogP contribution >= 0.6 is 0 Å². The first-order valence-electron chi connectivity index (χ1n) is 4.82. The molecule has 0 aromatic heterocycles. The number of carbonyl (C=O) groups is 1. The molecule has 0 amide bonds. The predicted octanol–water partition coefficient (Wildman–Crippen LogP) is 1.19. The Morgan fingerprint density at radius 2 is 1.94 bits per heavy atom. The molecule has 1 aromatic rings. The van der Waals surface area contributed by atoms with E-state index < -0.39 is 20.9 Å². The fourth-order valence-electron chi connectivity index (χ4n) is 1.26. The minimum Gasteiger partial charge on any atom is -0.399 e. The quantitative estimate of drug-likeness (QED) is 0.637. The summed E-state index contributed by atoms with van der Waals surface area (Å²) in [6.07, 6.45) is 1.06. The number of sulfone groups is 1. The molecule has 1 unspecified atom stereocenters. The lowest BCUT2D eigenvalue weighted by atomic mass is 10.0. The first kappa shape index (κ1) is 12.7. The molecule has 0 saturated heterocycles. The van der Waals surface area contributed by atoms with Gasteiger partial charge in [-0.1, -0.05) is 0 Å². The Hall–Kier alpha value is -1.36. The van der Waals surface area contributed by atoms with Crippen molar-refractivity contribution in [2.45, 2.75) is 19.1 Å². The van der Waals surface area contributed by atoms with E-state index in [1.807, 2.05) is 0 Å². The van der Waals surface area contributed by atoms with Crippen LogP contribution in [0.15, 0.2) is 18.2 Å². The highest BCUT2D eigenvalue weighted by molar-refractivity contribution is 7.92. The van der Waals surface area contributed by atoms with Crippen molar-refractivity contribution in [2.24, 2.45) is 0 Å². The second-order valence-electron chi connectivity index (χ2n) is 3.91. The van der Waals surface area contributed by atoms with Gasteiger partial charge >= 0.3 is 0 Å². The second-order valence-corrected chi connectivity index (χ2v) is 6.27. The third kappa shape index (κ3) is 2.61. The van der Waals surface area contributed by atoms with Crippen LogP contribution in [-0.2, 0) is 9.84 Å². The van der Waals surface area contributed by atoms with Gasteiger partial charge in [0.25, 0.3) is 0 Å². The number of nitrogen functional groups attached to an aromatic ring is 1. The van der Waals surface area contributed by atoms with Crippen molar-refractivity contribution in [1.82, 2.24) is 0 Å². The number of carbonyl (C=O) groups excluding carboxylic acids is 1. The fourth-order valence-corrected chi connectivity index (χ4v) is 1.78. The number of aryl methyl sites for hydroxylation is 1. The summed E-state index contributed by atoms with van der Waals surface area (Å²) in [5.74, 6) is -0.398. The van der Waals surface area contributed by atoms with E-state index in [4.69, 9.17) is 5.73 Å². The van der Waals surface area contributed by atoms with Gasteiger partial charge in [-0.25, -0.2) is 8.42 Å². The molecule has 0 radical (unpaired) electrons. The Balaban J connectivity index is 3.11. The molecule has 0 aliphatic carbocycles. The standard InChI is InChI=1S/C11H15NO3S/c1-7-6-9(4-5-10(7)12)11(13)8(2)16(3,14)15/h4-6,8H,12H2,1-3H3. The van der Waals surface area contributed by atoms with Gasteiger partial charge in [0, 0.05) is 17.5 Å². The number of rotatable bonds is 3. The molecule has 88 valence electrons. The third-order valence-corrected chi connectivity index (χ3v) is 4.06. The van der Waals surface area contributed by atoms with Crippen molar-refractivity contribution in [1.29, 1.82) is 0 Å². The monoisotopic (exact) mass is 241 g/mol. The first-order chi connectivity index (χ1) is 7.23. The molecule has 16 heavy (non-hydrogen) atoms. The van der Waals surface area contributed by atoms with E-state index in [-0.39, 0.29) is 0 Å². The van der Waals surface area contributed by atoms with Crippen molar-refractivity contribution in [3.63, 3.8) is 0 Å². The number of benzene rings is 1. The number of ketones is 1. The van der Waals surface area contributed by atoms with Crippen molar-refractivity contribution < 1.29 is 13.2 Å². The lowest BCUT2D eigenvalue weighted by Crippen LogP contribution is -2.26. The SMILES string of the molecule is Cc1cc(C(=O)C(C)S(C)(=O)=O)ccc1N. The van der Waals surface area contributed by atoms with Crippen LogP contribution in [0.25, 0.3) is 0 Å². The molecule has 0 bridgehead atoms. The molecule has 0 fully saturated rings. The molecule has 1 atom stereocenters. The largest absolute Gasteiger partial charge is 0.399 e. The number of anilines is 1. The van der Waals surface area contributed by atoms with Gasteiger partial charge in [0.15, 0.2) is 15.6 Å². The molecule has 5 heteroatoms. The average Bonchev–Trinajstić information content (AvgIpc) is 2.18. The Morgan fingerprint density at radius 3 is 2.38 bits per heavy atom. The molecule has 0 saturated carbocycles. The van der Waals surface area contributed by atoms with Gasteiger partial charge in [0.05, 0.1) is 0 Å². The maximum Gasteiger partial charge on any atom is 0.180 e. The summed E-state index contributed by atoms with van der Waals surface area (Å²) in [5.41, 5.74) is 7.36. The maximum absolute atomic E-state index is 11.8. The van der Waals surface area contributed by atoms with Gasteiger partial charge < -0.3 is 5.73 Å². The summed E-state index contributed by atoms with van der Waals surface area (Å²) in [6.45, 7) is 3.17. The number of Topliss-reactive ketones (excluding diaryl/α,β-unsaturated/α-hetero) is 1. The molecule has 1 rings (SSSR count). The summed E-state index contributed by atoms with van der Waals surface area (Å²) in [6, 6.07) is 4.77. The van der Waals surface area contributed by atoms with E-state index in [0.717, 1.165) is 11.8 Å². The van der Waals surface area contributed by atoms with Crippen LogP contribution in [0.3, 0.4) is 0 Å². The summed E-state index contributed by atoms with van der Waals surface area (Å²) >= 11 is 0. The second kappa shape index (κ2) is 4.25. The topological polar surface area (TPSA) is 77.2 Å². The minimum atomic E-state index is -3.35. The van der Waals surface area contributed by atoms with E-state index in [1.165, 1.54) is 6.92 Å². The summed E-state index contributed by atoms with van der Waals surface area (Å²) in [4.78, 5) is 11.8. The molecule has 4 nitrogen and oxygen atoms in total. The van der Waals surface area contributed by atoms with E-state index in [9.17, 15) is 13.2 Å². The van der Waals surface area contributed by atoms with Crippen LogP contribution in [0.5, 0.6) is 0 Å². The molecule has 0 aliphatic rings. The normalized spacial score (nSPS) is 13.4. The molecular weight excluding hydrogens is 226 g/mol. The van der Waals surface area contributed by atoms with Crippen LogP contribution in [-0.4, -0.2) is 25.7 Å². The Labute approximate surface area is 95.4 Å². The maximum atomic E-state index is 11.8. The van der Waals surface area contributed by atoms with E-state index >= 15 is 0 Å². The molecule has 0 spiro atoms. The zero-order valence-electron chi connectivity index (χ0n) is 9.52. The molecular formula is C11H15NO3S. The highest BCUT2D eigenvalue weighted by Crippen LogP contribution is 2.16. The summed E-state index contributed by atoms with van der Waals surface area (Å²) < 4.78 is 22.5. The highest BCUT2D eigenvalue weighted by atomic mass is 32.2. The third-order valence-electron chi connectivity index (χ3n) is 2.57. The van der Waals surface area contributed by atoms with Gasteiger partial charge in [-0.15, -0.1) is 0 Å². The van der Waals surface area contributed by atoms with Crippen molar-refractivity contribution >= 4 is 21.3 Å². The lowest BCUT2D eigenvalue weighted by molar-refractivity contribution is 0.0991. The van der Waals surface area contributed by atoms with Crippen LogP contribution < -0.4 is 5.73 Å². The molecule has 2 N–H and O–H groups in total. The van der Waals surface area contributed by atoms with Crippen molar-refractivity contribution in [2.75, 3.05) is 12.0 Å². The minimum absolute atomic E-state index is 0.379. The highest BCUT2D eigenvalue weighted by Gasteiger charge is 2.24. The van der Waals surface area contributed by atoms with E-state index in [1.54, 1.807) is 25.1 Å². The first-order valence-corrected chi connectivity index (χ1v) is 6.78. The zero-order chi connectivity index (χ0) is 12.5. The number of hydrogen-bond acceptors (Lipinski definition) is 4. The summed E-state index contributed by atoms with van der Waals surface area (Å²) in [5, 5.41) is -1.02. The van der Waals surface area contributed by atoms with Crippen LogP contribution in [0, 0.1) is 6.92 Å². The molecule has 0 heterocycles. The van der Waals surface area contributed by atoms with Gasteiger partial charge in [-0.2, -0.15) is 0 Å². The predicted molar refractivity (Wildman–Crippen MR) is 64.2 cm³/mol. The number of nitrogens with two attached hydrogens (primary N) is 1. The van der Waals surface area contributed by atoms with Crippen LogP contribution in [0.4, 0.5) is 5.69 Å². The smallest absolute Gasteiger partial charge is 0.180 e. The van der Waals surface area contributed by atoms with Crippen LogP contribution in [0.2, 0.25) is 0 Å². The van der Waals surface area contributed by atoms with Gasteiger partial charge in [0.2, 0.25) is 0 Å². The van der Waals surface area contributed by atoms with Gasteiger partial charge in [-0.3, -0.25) is 4.79 Å². The summed E-state index contributed by atoms with van der Waals surface area (Å²) in [7, 11) is -3.35. The molecule has 1 aromatic carbocycles. The Kier molecular flexibility index (Phi) is 3.38. The van der Waals surface area contributed by atoms with E-state index in [2.05, 4.69) is 0 Å². The van der Waals surface area contributed by atoms with E-state index in [0.29, 0.717) is 11.3 Å². The zero-order valence-corrected chi connectivity index (χ0v) is 10.3. The Morgan fingerprint density at radius 1 is 1.38 bits per heavy atom.